The minimum absolute atomic E-state index is 0. The van der Waals surface area contributed by atoms with E-state index < -0.39 is 11.9 Å². The molecule has 0 unspecified atom stereocenters. The van der Waals surface area contributed by atoms with Crippen molar-refractivity contribution < 1.29 is 78.9 Å². The van der Waals surface area contributed by atoms with Crippen LogP contribution >= 0.6 is 0 Å². The van der Waals surface area contributed by atoms with Gasteiger partial charge in [-0.05, 0) is 11.1 Å². The second-order valence-electron chi connectivity index (χ2n) is 2.91. The number of carbonyl (C=O) groups is 2. The molecule has 4 nitrogen and oxygen atoms in total. The first kappa shape index (κ1) is 18.5. The topological polar surface area (TPSA) is 80.3 Å². The first-order valence-corrected chi connectivity index (χ1v) is 4.05. The summed E-state index contributed by atoms with van der Waals surface area (Å²) in [6, 6.07) is 6.25. The number of aliphatic carboxylic acids is 2. The Kier molecular flexibility index (Phi) is 10.7. The van der Waals surface area contributed by atoms with Gasteiger partial charge in [-0.25, -0.2) is 0 Å². The number of benzene rings is 1. The fraction of sp³-hybridized carbons (Fsp3) is 0.200. The van der Waals surface area contributed by atoms with Gasteiger partial charge in [0.1, 0.15) is 0 Å². The summed E-state index contributed by atoms with van der Waals surface area (Å²) in [5.74, 6) is -2.31. The van der Waals surface area contributed by atoms with Crippen molar-refractivity contribution in [2.24, 2.45) is 0 Å². The van der Waals surface area contributed by atoms with Gasteiger partial charge < -0.3 is 19.8 Å². The van der Waals surface area contributed by atoms with Gasteiger partial charge >= 0.3 is 59.1 Å². The Bertz CT molecular complexity index is 313. The van der Waals surface area contributed by atoms with E-state index in [1.54, 1.807) is 24.3 Å². The molecule has 6 heteroatoms. The molecule has 0 aliphatic carbocycles. The van der Waals surface area contributed by atoms with Gasteiger partial charge in [0.15, 0.2) is 0 Å². The summed E-state index contributed by atoms with van der Waals surface area (Å²) in [7, 11) is 0. The zero-order valence-corrected chi connectivity index (χ0v) is 13.4. The van der Waals surface area contributed by atoms with Crippen LogP contribution < -0.4 is 69.3 Å². The maximum Gasteiger partial charge on any atom is 1.00 e. The fourth-order valence-electron chi connectivity index (χ4n) is 1.11. The van der Waals surface area contributed by atoms with Crippen LogP contribution in [0.15, 0.2) is 24.3 Å². The quantitative estimate of drug-likeness (QED) is 0.488. The zero-order chi connectivity index (χ0) is 10.6. The molecule has 0 fully saturated rings. The predicted octanol–water partition coefficient (Wildman–Crippen LogP) is -7.72. The van der Waals surface area contributed by atoms with Crippen LogP contribution in [0.5, 0.6) is 0 Å². The number of rotatable bonds is 4. The van der Waals surface area contributed by atoms with Gasteiger partial charge in [-0.1, -0.05) is 24.3 Å². The molecule has 16 heavy (non-hydrogen) atoms. The molecule has 0 heterocycles. The molecule has 0 aliphatic rings. The summed E-state index contributed by atoms with van der Waals surface area (Å²) in [6.45, 7) is 0. The Balaban J connectivity index is 0. The van der Waals surface area contributed by atoms with E-state index in [1.807, 2.05) is 0 Å². The van der Waals surface area contributed by atoms with Crippen LogP contribution in [0, 0.1) is 0 Å². The molecule has 0 radical (unpaired) electrons. The van der Waals surface area contributed by atoms with Gasteiger partial charge in [-0.15, -0.1) is 0 Å². The number of carboxylic acid groups (broad SMARTS) is 2. The number of carboxylic acids is 2. The standard InChI is InChI=1S/C10H10O4.2Na/c11-9(12)5-7-1-2-8(4-3-7)6-10(13)14;;/h1-4H,5-6H2,(H,11,12)(H,13,14);;/q;2*+1/p-2. The molecule has 0 saturated carbocycles. The maximum atomic E-state index is 10.2. The van der Waals surface area contributed by atoms with Gasteiger partial charge in [0, 0.05) is 24.8 Å². The molecule has 0 bridgehead atoms. The zero-order valence-electron chi connectivity index (χ0n) is 9.36. The van der Waals surface area contributed by atoms with Crippen LogP contribution in [0.1, 0.15) is 11.1 Å². The molecular weight excluding hydrogens is 230 g/mol. The van der Waals surface area contributed by atoms with Crippen molar-refractivity contribution in [2.75, 3.05) is 0 Å². The summed E-state index contributed by atoms with van der Waals surface area (Å²) >= 11 is 0. The summed E-state index contributed by atoms with van der Waals surface area (Å²) in [4.78, 5) is 20.4. The Morgan fingerprint density at radius 1 is 0.812 bits per heavy atom. The van der Waals surface area contributed by atoms with Crippen LogP contribution in [0.3, 0.4) is 0 Å². The van der Waals surface area contributed by atoms with Crippen molar-refractivity contribution in [1.29, 1.82) is 0 Å². The van der Waals surface area contributed by atoms with E-state index in [-0.39, 0.29) is 72.0 Å². The summed E-state index contributed by atoms with van der Waals surface area (Å²) in [5, 5.41) is 20.4. The van der Waals surface area contributed by atoms with Crippen molar-refractivity contribution in [2.45, 2.75) is 12.8 Å². The van der Waals surface area contributed by atoms with Gasteiger partial charge in [0.25, 0.3) is 0 Å². The normalized spacial score (nSPS) is 8.50. The minimum atomic E-state index is -1.15. The van der Waals surface area contributed by atoms with E-state index in [0.717, 1.165) is 0 Å². The molecule has 0 amide bonds. The largest absolute Gasteiger partial charge is 1.00 e. The third kappa shape index (κ3) is 7.44. The third-order valence-electron chi connectivity index (χ3n) is 1.72. The van der Waals surface area contributed by atoms with Crippen molar-refractivity contribution in [3.63, 3.8) is 0 Å². The van der Waals surface area contributed by atoms with E-state index in [2.05, 4.69) is 0 Å². The van der Waals surface area contributed by atoms with Gasteiger partial charge in [-0.3, -0.25) is 0 Å². The summed E-state index contributed by atoms with van der Waals surface area (Å²) < 4.78 is 0. The monoisotopic (exact) mass is 238 g/mol. The molecule has 1 aromatic carbocycles. The Morgan fingerprint density at radius 2 is 1.06 bits per heavy atom. The average Bonchev–Trinajstić information content (AvgIpc) is 2.06. The second-order valence-corrected chi connectivity index (χ2v) is 2.91. The molecule has 0 saturated heterocycles. The Morgan fingerprint density at radius 3 is 1.25 bits per heavy atom. The Hall–Kier alpha value is 0.160. The van der Waals surface area contributed by atoms with Gasteiger partial charge in [0.2, 0.25) is 0 Å². The number of hydrogen-bond acceptors (Lipinski definition) is 4. The van der Waals surface area contributed by atoms with Crippen molar-refractivity contribution in [1.82, 2.24) is 0 Å². The second kappa shape index (κ2) is 9.22. The Labute approximate surface area is 138 Å². The summed E-state index contributed by atoms with van der Waals surface area (Å²) in [5.41, 5.74) is 1.18. The number of hydrogen-bond donors (Lipinski definition) is 0. The molecular formula is C10H8Na2O4. The third-order valence-corrected chi connectivity index (χ3v) is 1.72. The van der Waals surface area contributed by atoms with Crippen LogP contribution in [-0.4, -0.2) is 11.9 Å². The first-order chi connectivity index (χ1) is 6.58. The molecule has 0 aliphatic heterocycles. The van der Waals surface area contributed by atoms with Crippen molar-refractivity contribution in [3.8, 4) is 0 Å². The van der Waals surface area contributed by atoms with E-state index in [4.69, 9.17) is 0 Å². The van der Waals surface area contributed by atoms with Crippen LogP contribution in [0.2, 0.25) is 0 Å². The SMILES string of the molecule is O=C([O-])Cc1ccc(CC(=O)[O-])cc1.[Na+].[Na+]. The van der Waals surface area contributed by atoms with E-state index in [9.17, 15) is 19.8 Å². The van der Waals surface area contributed by atoms with Crippen LogP contribution in [0.4, 0.5) is 0 Å². The van der Waals surface area contributed by atoms with E-state index in [1.165, 1.54) is 0 Å². The minimum Gasteiger partial charge on any atom is -0.550 e. The average molecular weight is 238 g/mol. The van der Waals surface area contributed by atoms with E-state index >= 15 is 0 Å². The first-order valence-electron chi connectivity index (χ1n) is 4.05. The predicted molar refractivity (Wildman–Crippen MR) is 43.9 cm³/mol. The summed E-state index contributed by atoms with van der Waals surface area (Å²) in [6.07, 6.45) is -0.322. The van der Waals surface area contributed by atoms with Crippen molar-refractivity contribution >= 4 is 11.9 Å². The van der Waals surface area contributed by atoms with Gasteiger partial charge in [-0.2, -0.15) is 0 Å². The molecule has 0 spiro atoms. The van der Waals surface area contributed by atoms with E-state index in [0.29, 0.717) is 11.1 Å². The molecule has 74 valence electrons. The smallest absolute Gasteiger partial charge is 0.550 e. The molecule has 0 aromatic heterocycles. The molecule has 0 N–H and O–H groups in total. The molecule has 0 atom stereocenters. The van der Waals surface area contributed by atoms with Crippen LogP contribution in [0.25, 0.3) is 0 Å². The fourth-order valence-corrected chi connectivity index (χ4v) is 1.11. The molecule has 1 rings (SSSR count). The van der Waals surface area contributed by atoms with Crippen molar-refractivity contribution in [3.05, 3.63) is 35.4 Å². The van der Waals surface area contributed by atoms with Crippen LogP contribution in [-0.2, 0) is 22.4 Å². The molecule has 1 aromatic rings. The van der Waals surface area contributed by atoms with Gasteiger partial charge in [0.05, 0.1) is 0 Å². The number of carbonyl (C=O) groups excluding carboxylic acids is 2. The maximum absolute atomic E-state index is 10.2.